The standard InChI is InChI=1S/C9H22NO/c1-5-7-8-10(4,6-2)9(3)11/h9,11H,5-8H2,1-4H3/q+1. The first kappa shape index (κ1) is 10.9. The number of aliphatic hydroxyl groups excluding tert-OH is 1. The van der Waals surface area contributed by atoms with Crippen LogP contribution >= 0.6 is 0 Å². The van der Waals surface area contributed by atoms with Crippen LogP contribution in [-0.4, -0.2) is 36.0 Å². The van der Waals surface area contributed by atoms with Crippen molar-refractivity contribution in [3.63, 3.8) is 0 Å². The van der Waals surface area contributed by atoms with Gasteiger partial charge in [-0.2, -0.15) is 0 Å². The summed E-state index contributed by atoms with van der Waals surface area (Å²) in [6, 6.07) is 0. The largest absolute Gasteiger partial charge is 0.345 e. The molecule has 0 radical (unpaired) electrons. The zero-order valence-corrected chi connectivity index (χ0v) is 8.30. The van der Waals surface area contributed by atoms with E-state index in [1.807, 2.05) is 6.92 Å². The van der Waals surface area contributed by atoms with E-state index in [-0.39, 0.29) is 6.23 Å². The minimum absolute atomic E-state index is 0.230. The van der Waals surface area contributed by atoms with Crippen molar-refractivity contribution in [2.45, 2.75) is 39.8 Å². The van der Waals surface area contributed by atoms with Gasteiger partial charge in [-0.1, -0.05) is 13.3 Å². The molecule has 1 N–H and O–H groups in total. The molecule has 0 aromatic heterocycles. The molecule has 0 rings (SSSR count). The SMILES string of the molecule is CCCC[N+](C)(CC)C(C)O. The Kier molecular flexibility index (Phi) is 4.69. The third-order valence-electron chi connectivity index (χ3n) is 2.65. The first-order valence-corrected chi connectivity index (χ1v) is 4.59. The molecule has 0 fully saturated rings. The quantitative estimate of drug-likeness (QED) is 0.478. The van der Waals surface area contributed by atoms with E-state index in [0.29, 0.717) is 0 Å². The van der Waals surface area contributed by atoms with E-state index in [4.69, 9.17) is 0 Å². The first-order chi connectivity index (χ1) is 5.06. The molecule has 0 aliphatic carbocycles. The van der Waals surface area contributed by atoms with Gasteiger partial charge in [0, 0.05) is 6.92 Å². The van der Waals surface area contributed by atoms with Crippen LogP contribution in [-0.2, 0) is 0 Å². The first-order valence-electron chi connectivity index (χ1n) is 4.59. The minimum atomic E-state index is -0.230. The highest BCUT2D eigenvalue weighted by molar-refractivity contribution is 4.38. The Labute approximate surface area is 70.4 Å². The van der Waals surface area contributed by atoms with Crippen LogP contribution in [0.4, 0.5) is 0 Å². The van der Waals surface area contributed by atoms with Gasteiger partial charge < -0.3 is 9.59 Å². The fourth-order valence-corrected chi connectivity index (χ4v) is 1.13. The second-order valence-corrected chi connectivity index (χ2v) is 3.50. The predicted molar refractivity (Wildman–Crippen MR) is 48.2 cm³/mol. The number of hydrogen-bond donors (Lipinski definition) is 1. The van der Waals surface area contributed by atoms with Crippen molar-refractivity contribution in [1.29, 1.82) is 0 Å². The van der Waals surface area contributed by atoms with Crippen LogP contribution in [0.1, 0.15) is 33.6 Å². The second-order valence-electron chi connectivity index (χ2n) is 3.50. The third kappa shape index (κ3) is 3.21. The third-order valence-corrected chi connectivity index (χ3v) is 2.65. The van der Waals surface area contributed by atoms with Gasteiger partial charge in [-0.3, -0.25) is 0 Å². The van der Waals surface area contributed by atoms with E-state index in [9.17, 15) is 5.11 Å². The van der Waals surface area contributed by atoms with Gasteiger partial charge in [0.1, 0.15) is 0 Å². The topological polar surface area (TPSA) is 20.2 Å². The van der Waals surface area contributed by atoms with Crippen LogP contribution in [0, 0.1) is 0 Å². The molecule has 2 nitrogen and oxygen atoms in total. The van der Waals surface area contributed by atoms with Gasteiger partial charge >= 0.3 is 0 Å². The molecular weight excluding hydrogens is 138 g/mol. The summed E-state index contributed by atoms with van der Waals surface area (Å²) in [4.78, 5) is 0. The molecule has 0 aliphatic heterocycles. The van der Waals surface area contributed by atoms with Gasteiger partial charge in [0.25, 0.3) is 0 Å². The van der Waals surface area contributed by atoms with Crippen LogP contribution in [0.5, 0.6) is 0 Å². The van der Waals surface area contributed by atoms with E-state index in [2.05, 4.69) is 20.9 Å². The zero-order valence-electron chi connectivity index (χ0n) is 8.30. The van der Waals surface area contributed by atoms with Crippen molar-refractivity contribution in [2.24, 2.45) is 0 Å². The Hall–Kier alpha value is -0.0800. The lowest BCUT2D eigenvalue weighted by Gasteiger charge is -2.36. The fraction of sp³-hybridized carbons (Fsp3) is 1.00. The summed E-state index contributed by atoms with van der Waals surface area (Å²) in [6.07, 6.45) is 2.18. The summed E-state index contributed by atoms with van der Waals surface area (Å²) in [5, 5.41) is 9.47. The van der Waals surface area contributed by atoms with Gasteiger partial charge in [-0.15, -0.1) is 0 Å². The summed E-state index contributed by atoms with van der Waals surface area (Å²) in [5.74, 6) is 0. The van der Waals surface area contributed by atoms with E-state index in [1.54, 1.807) is 0 Å². The van der Waals surface area contributed by atoms with Crippen LogP contribution < -0.4 is 0 Å². The smallest absolute Gasteiger partial charge is 0.187 e. The molecule has 11 heavy (non-hydrogen) atoms. The molecule has 0 bridgehead atoms. The summed E-state index contributed by atoms with van der Waals surface area (Å²) in [7, 11) is 2.11. The number of rotatable bonds is 5. The highest BCUT2D eigenvalue weighted by Crippen LogP contribution is 2.09. The van der Waals surface area contributed by atoms with E-state index < -0.39 is 0 Å². The predicted octanol–water partition coefficient (Wildman–Crippen LogP) is 1.59. The molecule has 0 amide bonds. The van der Waals surface area contributed by atoms with Crippen LogP contribution in [0.3, 0.4) is 0 Å². The molecule has 2 heteroatoms. The highest BCUT2D eigenvalue weighted by atomic mass is 16.3. The monoisotopic (exact) mass is 160 g/mol. The molecule has 0 aliphatic rings. The number of nitrogens with zero attached hydrogens (tertiary/aromatic N) is 1. The number of hydrogen-bond acceptors (Lipinski definition) is 1. The number of quaternary nitrogens is 1. The van der Waals surface area contributed by atoms with Crippen molar-refractivity contribution >= 4 is 0 Å². The maximum absolute atomic E-state index is 9.47. The van der Waals surface area contributed by atoms with Crippen molar-refractivity contribution in [2.75, 3.05) is 20.1 Å². The van der Waals surface area contributed by atoms with Gasteiger partial charge in [0.05, 0.1) is 20.1 Å². The molecule has 2 atom stereocenters. The van der Waals surface area contributed by atoms with Gasteiger partial charge in [0.2, 0.25) is 0 Å². The zero-order chi connectivity index (χ0) is 8.91. The van der Waals surface area contributed by atoms with E-state index in [1.165, 1.54) is 12.8 Å². The molecule has 68 valence electrons. The molecule has 2 unspecified atom stereocenters. The van der Waals surface area contributed by atoms with Crippen molar-refractivity contribution < 1.29 is 9.59 Å². The second kappa shape index (κ2) is 4.73. The average molecular weight is 160 g/mol. The highest BCUT2D eigenvalue weighted by Gasteiger charge is 2.23. The Morgan fingerprint density at radius 1 is 1.36 bits per heavy atom. The molecule has 0 saturated heterocycles. The molecule has 0 saturated carbocycles. The van der Waals surface area contributed by atoms with Gasteiger partial charge in [0.15, 0.2) is 6.23 Å². The molecule has 0 aromatic carbocycles. The van der Waals surface area contributed by atoms with Crippen LogP contribution in [0.2, 0.25) is 0 Å². The van der Waals surface area contributed by atoms with E-state index in [0.717, 1.165) is 17.6 Å². The average Bonchev–Trinajstić information content (AvgIpc) is 2.00. The van der Waals surface area contributed by atoms with Crippen molar-refractivity contribution in [1.82, 2.24) is 0 Å². The molecule has 0 spiro atoms. The van der Waals surface area contributed by atoms with E-state index >= 15 is 0 Å². The molecule has 0 heterocycles. The van der Waals surface area contributed by atoms with Crippen molar-refractivity contribution in [3.05, 3.63) is 0 Å². The van der Waals surface area contributed by atoms with Crippen LogP contribution in [0.15, 0.2) is 0 Å². The summed E-state index contributed by atoms with van der Waals surface area (Å²) in [6.45, 7) is 8.28. The maximum atomic E-state index is 9.47. The lowest BCUT2D eigenvalue weighted by Crippen LogP contribution is -2.51. The fourth-order valence-electron chi connectivity index (χ4n) is 1.13. The molecular formula is C9H22NO+. The van der Waals surface area contributed by atoms with Crippen LogP contribution in [0.25, 0.3) is 0 Å². The minimum Gasteiger partial charge on any atom is -0.345 e. The Morgan fingerprint density at radius 3 is 2.18 bits per heavy atom. The summed E-state index contributed by atoms with van der Waals surface area (Å²) in [5.41, 5.74) is 0. The van der Waals surface area contributed by atoms with Crippen molar-refractivity contribution in [3.8, 4) is 0 Å². The number of unbranched alkanes of at least 4 members (excludes halogenated alkanes) is 1. The normalized spacial score (nSPS) is 19.4. The summed E-state index contributed by atoms with van der Waals surface area (Å²) >= 11 is 0. The Morgan fingerprint density at radius 2 is 1.91 bits per heavy atom. The Balaban J connectivity index is 3.88. The Bertz CT molecular complexity index is 104. The van der Waals surface area contributed by atoms with Gasteiger partial charge in [-0.25, -0.2) is 0 Å². The summed E-state index contributed by atoms with van der Waals surface area (Å²) < 4.78 is 0.786. The lowest BCUT2D eigenvalue weighted by atomic mass is 10.2. The number of aliphatic hydroxyl groups is 1. The molecule has 0 aromatic rings. The maximum Gasteiger partial charge on any atom is 0.187 e. The lowest BCUT2D eigenvalue weighted by molar-refractivity contribution is -0.950. The van der Waals surface area contributed by atoms with Gasteiger partial charge in [-0.05, 0) is 13.3 Å².